The second kappa shape index (κ2) is 11.5. The van der Waals surface area contributed by atoms with Gasteiger partial charge in [0.1, 0.15) is 12.4 Å². The summed E-state index contributed by atoms with van der Waals surface area (Å²) in [5.41, 5.74) is 0.610. The lowest BCUT2D eigenvalue weighted by molar-refractivity contribution is 0.0915. The van der Waals surface area contributed by atoms with Crippen molar-refractivity contribution in [3.8, 4) is 5.75 Å². The zero-order chi connectivity index (χ0) is 15.9. The molecule has 1 aromatic carbocycles. The molecule has 0 aromatic heterocycles. The normalized spacial score (nSPS) is 19.8. The van der Waals surface area contributed by atoms with E-state index in [1.54, 1.807) is 0 Å². The molecule has 0 aliphatic carbocycles. The number of piperidine rings is 1. The quantitative estimate of drug-likeness (QED) is 0.798. The summed E-state index contributed by atoms with van der Waals surface area (Å²) in [6.45, 7) is 4.53. The van der Waals surface area contributed by atoms with Crippen LogP contribution in [0.3, 0.4) is 0 Å². The smallest absolute Gasteiger partial charge is 0.255 e. The van der Waals surface area contributed by atoms with Gasteiger partial charge in [-0.2, -0.15) is 0 Å². The molecule has 24 heavy (non-hydrogen) atoms. The second-order valence-electron chi connectivity index (χ2n) is 6.11. The SMILES string of the molecule is CC1NCCCC1NC(=O)c1ccccc1OCCN(C)C.Cl.Cl. The van der Waals surface area contributed by atoms with E-state index in [1.807, 2.05) is 38.4 Å². The van der Waals surface area contributed by atoms with Gasteiger partial charge in [-0.25, -0.2) is 0 Å². The Balaban J connectivity index is 0.00000264. The maximum Gasteiger partial charge on any atom is 0.255 e. The molecule has 138 valence electrons. The summed E-state index contributed by atoms with van der Waals surface area (Å²) in [5, 5.41) is 6.53. The van der Waals surface area contributed by atoms with Gasteiger partial charge in [-0.1, -0.05) is 12.1 Å². The molecule has 0 radical (unpaired) electrons. The summed E-state index contributed by atoms with van der Waals surface area (Å²) in [6, 6.07) is 7.92. The van der Waals surface area contributed by atoms with Crippen molar-refractivity contribution in [2.24, 2.45) is 0 Å². The summed E-state index contributed by atoms with van der Waals surface area (Å²) in [5.74, 6) is 0.597. The van der Waals surface area contributed by atoms with Gasteiger partial charge in [0.05, 0.1) is 5.56 Å². The molecule has 1 saturated heterocycles. The molecule has 0 spiro atoms. The second-order valence-corrected chi connectivity index (χ2v) is 6.11. The number of benzene rings is 1. The number of nitrogens with zero attached hydrogens (tertiary/aromatic N) is 1. The molecule has 1 aliphatic heterocycles. The van der Waals surface area contributed by atoms with Crippen LogP contribution < -0.4 is 15.4 Å². The summed E-state index contributed by atoms with van der Waals surface area (Å²) in [4.78, 5) is 14.6. The van der Waals surface area contributed by atoms with Crippen LogP contribution in [0.2, 0.25) is 0 Å². The first-order chi connectivity index (χ1) is 10.6. The molecule has 2 N–H and O–H groups in total. The van der Waals surface area contributed by atoms with Crippen molar-refractivity contribution in [3.05, 3.63) is 29.8 Å². The van der Waals surface area contributed by atoms with E-state index in [2.05, 4.69) is 22.5 Å². The molecule has 1 aromatic rings. The molecule has 5 nitrogen and oxygen atoms in total. The molecule has 1 amide bonds. The Bertz CT molecular complexity index is 500. The van der Waals surface area contributed by atoms with Crippen LogP contribution >= 0.6 is 24.8 Å². The molecular formula is C17H29Cl2N3O2. The lowest BCUT2D eigenvalue weighted by Crippen LogP contribution is -2.51. The van der Waals surface area contributed by atoms with E-state index in [1.165, 1.54) is 0 Å². The molecule has 1 aliphatic rings. The highest BCUT2D eigenvalue weighted by Crippen LogP contribution is 2.19. The third-order valence-corrected chi connectivity index (χ3v) is 4.01. The predicted octanol–water partition coefficient (Wildman–Crippen LogP) is 2.34. The lowest BCUT2D eigenvalue weighted by Gasteiger charge is -2.30. The minimum absolute atomic E-state index is 0. The number of amides is 1. The number of halogens is 2. The van der Waals surface area contributed by atoms with Crippen molar-refractivity contribution in [1.29, 1.82) is 0 Å². The number of para-hydroxylation sites is 1. The number of carbonyl (C=O) groups is 1. The van der Waals surface area contributed by atoms with Gasteiger partial charge in [-0.15, -0.1) is 24.8 Å². The molecule has 2 unspecified atom stereocenters. The standard InChI is InChI=1S/C17H27N3O2.2ClH/c1-13-15(8-6-10-18-13)19-17(21)14-7-4-5-9-16(14)22-12-11-20(2)3;;/h4-5,7,9,13,15,18H,6,8,10-12H2,1-3H3,(H,19,21);2*1H. The number of hydrogen-bond donors (Lipinski definition) is 2. The van der Waals surface area contributed by atoms with Crippen LogP contribution in [0.15, 0.2) is 24.3 Å². The van der Waals surface area contributed by atoms with Crippen LogP contribution in [-0.4, -0.2) is 56.7 Å². The zero-order valence-corrected chi connectivity index (χ0v) is 16.2. The fourth-order valence-electron chi connectivity index (χ4n) is 2.61. The van der Waals surface area contributed by atoms with Crippen LogP contribution in [0.25, 0.3) is 0 Å². The van der Waals surface area contributed by atoms with Gasteiger partial charge in [-0.3, -0.25) is 4.79 Å². The monoisotopic (exact) mass is 377 g/mol. The van der Waals surface area contributed by atoms with Crippen molar-refractivity contribution in [3.63, 3.8) is 0 Å². The van der Waals surface area contributed by atoms with Crippen LogP contribution in [0.1, 0.15) is 30.1 Å². The van der Waals surface area contributed by atoms with Gasteiger partial charge in [0, 0.05) is 18.6 Å². The van der Waals surface area contributed by atoms with Gasteiger partial charge < -0.3 is 20.3 Å². The third kappa shape index (κ3) is 6.85. The Kier molecular flexibility index (Phi) is 11.0. The highest BCUT2D eigenvalue weighted by molar-refractivity contribution is 5.97. The number of rotatable bonds is 6. The van der Waals surface area contributed by atoms with Gasteiger partial charge in [0.25, 0.3) is 5.91 Å². The molecule has 0 saturated carbocycles. The first kappa shape index (κ1) is 23.0. The van der Waals surface area contributed by atoms with Crippen molar-refractivity contribution < 1.29 is 9.53 Å². The average Bonchev–Trinajstić information content (AvgIpc) is 2.49. The average molecular weight is 378 g/mol. The Morgan fingerprint density at radius 1 is 1.33 bits per heavy atom. The molecule has 2 atom stereocenters. The van der Waals surface area contributed by atoms with E-state index in [-0.39, 0.29) is 36.8 Å². The predicted molar refractivity (Wildman–Crippen MR) is 103 cm³/mol. The minimum Gasteiger partial charge on any atom is -0.491 e. The largest absolute Gasteiger partial charge is 0.491 e. The van der Waals surface area contributed by atoms with Crippen molar-refractivity contribution in [2.45, 2.75) is 31.8 Å². The van der Waals surface area contributed by atoms with E-state index in [9.17, 15) is 4.79 Å². The van der Waals surface area contributed by atoms with Gasteiger partial charge >= 0.3 is 0 Å². The van der Waals surface area contributed by atoms with E-state index in [0.29, 0.717) is 24.0 Å². The summed E-state index contributed by atoms with van der Waals surface area (Å²) in [7, 11) is 4.00. The number of hydrogen-bond acceptors (Lipinski definition) is 4. The third-order valence-electron chi connectivity index (χ3n) is 4.01. The minimum atomic E-state index is -0.0546. The first-order valence-corrected chi connectivity index (χ1v) is 7.98. The number of carbonyl (C=O) groups excluding carboxylic acids is 1. The number of likely N-dealkylation sites (N-methyl/N-ethyl adjacent to an activating group) is 1. The molecule has 1 fully saturated rings. The van der Waals surface area contributed by atoms with E-state index < -0.39 is 0 Å². The molecule has 0 bridgehead atoms. The first-order valence-electron chi connectivity index (χ1n) is 7.98. The fourth-order valence-corrected chi connectivity index (χ4v) is 2.61. The van der Waals surface area contributed by atoms with Gasteiger partial charge in [0.2, 0.25) is 0 Å². The van der Waals surface area contributed by atoms with Gasteiger partial charge in [-0.05, 0) is 52.5 Å². The van der Waals surface area contributed by atoms with Crippen LogP contribution in [0.4, 0.5) is 0 Å². The van der Waals surface area contributed by atoms with Crippen LogP contribution in [-0.2, 0) is 0 Å². The Labute approximate surface area is 157 Å². The topological polar surface area (TPSA) is 53.6 Å². The number of nitrogens with one attached hydrogen (secondary N) is 2. The Morgan fingerprint density at radius 3 is 2.71 bits per heavy atom. The zero-order valence-electron chi connectivity index (χ0n) is 14.6. The highest BCUT2D eigenvalue weighted by Gasteiger charge is 2.23. The number of ether oxygens (including phenoxy) is 1. The summed E-state index contributed by atoms with van der Waals surface area (Å²) in [6.07, 6.45) is 2.11. The van der Waals surface area contributed by atoms with Crippen molar-refractivity contribution in [2.75, 3.05) is 33.8 Å². The summed E-state index contributed by atoms with van der Waals surface area (Å²) < 4.78 is 5.77. The Hall–Kier alpha value is -1.01. The van der Waals surface area contributed by atoms with Crippen LogP contribution in [0, 0.1) is 0 Å². The summed E-state index contributed by atoms with van der Waals surface area (Å²) >= 11 is 0. The lowest BCUT2D eigenvalue weighted by atomic mass is 9.99. The maximum absolute atomic E-state index is 12.5. The molecule has 2 rings (SSSR count). The molecule has 1 heterocycles. The van der Waals surface area contributed by atoms with Crippen molar-refractivity contribution >= 4 is 30.7 Å². The van der Waals surface area contributed by atoms with Gasteiger partial charge in [0.15, 0.2) is 0 Å². The maximum atomic E-state index is 12.5. The molecular weight excluding hydrogens is 349 g/mol. The van der Waals surface area contributed by atoms with Crippen molar-refractivity contribution in [1.82, 2.24) is 15.5 Å². The molecule has 7 heteroatoms. The van der Waals surface area contributed by atoms with E-state index in [0.717, 1.165) is 25.9 Å². The Morgan fingerprint density at radius 2 is 2.04 bits per heavy atom. The van der Waals surface area contributed by atoms with Crippen LogP contribution in [0.5, 0.6) is 5.75 Å². The fraction of sp³-hybridized carbons (Fsp3) is 0.588. The van der Waals surface area contributed by atoms with E-state index in [4.69, 9.17) is 4.74 Å². The van der Waals surface area contributed by atoms with E-state index >= 15 is 0 Å². The highest BCUT2D eigenvalue weighted by atomic mass is 35.5.